The maximum Gasteiger partial charge on any atom is 0.221 e. The van der Waals surface area contributed by atoms with Gasteiger partial charge >= 0.3 is 0 Å². The van der Waals surface area contributed by atoms with Crippen molar-refractivity contribution in [2.45, 2.75) is 6.92 Å². The van der Waals surface area contributed by atoms with Crippen LogP contribution in [0.3, 0.4) is 0 Å². The fourth-order valence-corrected chi connectivity index (χ4v) is 1.41. The minimum Gasteiger partial charge on any atom is -0.507 e. The fraction of sp³-hybridized carbons (Fsp3) is 0.333. The van der Waals surface area contributed by atoms with Crippen LogP contribution >= 0.6 is 0 Å². The number of ketones is 1. The number of phenolic OH excluding ortho intramolecular Hbond substituents is 1. The van der Waals surface area contributed by atoms with E-state index in [2.05, 4.69) is 5.32 Å². The first kappa shape index (κ1) is 13.2. The first-order valence-corrected chi connectivity index (χ1v) is 5.18. The maximum atomic E-state index is 11.8. The van der Waals surface area contributed by atoms with Crippen LogP contribution in [0, 0.1) is 0 Å². The van der Waals surface area contributed by atoms with E-state index in [1.54, 1.807) is 25.1 Å². The van der Waals surface area contributed by atoms with E-state index in [1.165, 1.54) is 19.1 Å². The van der Waals surface area contributed by atoms with Crippen molar-refractivity contribution < 1.29 is 14.7 Å². The molecule has 0 spiro atoms. The van der Waals surface area contributed by atoms with Gasteiger partial charge in [0.25, 0.3) is 0 Å². The molecule has 0 aliphatic rings. The molecule has 0 aliphatic heterocycles. The Bertz CT molecular complexity index is 441. The van der Waals surface area contributed by atoms with Crippen molar-refractivity contribution in [2.24, 2.45) is 0 Å². The summed E-state index contributed by atoms with van der Waals surface area (Å²) >= 11 is 0. The van der Waals surface area contributed by atoms with Crippen LogP contribution in [0.4, 0.5) is 5.69 Å². The number of benzene rings is 1. The number of nitrogens with one attached hydrogen (secondary N) is 1. The van der Waals surface area contributed by atoms with Gasteiger partial charge in [0.1, 0.15) is 5.75 Å². The highest BCUT2D eigenvalue weighted by atomic mass is 16.3. The van der Waals surface area contributed by atoms with Crippen LogP contribution in [0.5, 0.6) is 5.75 Å². The third kappa shape index (κ3) is 3.88. The number of hydrogen-bond acceptors (Lipinski definition) is 4. The van der Waals surface area contributed by atoms with Crippen LogP contribution in [0.1, 0.15) is 17.3 Å². The molecule has 0 fully saturated rings. The Hall–Kier alpha value is -1.88. The number of likely N-dealkylation sites (N-methyl/N-ethyl adjacent to an activating group) is 1. The monoisotopic (exact) mass is 236 g/mol. The van der Waals surface area contributed by atoms with E-state index in [9.17, 15) is 14.7 Å². The van der Waals surface area contributed by atoms with Gasteiger partial charge in [0, 0.05) is 12.6 Å². The highest BCUT2D eigenvalue weighted by molar-refractivity contribution is 6.01. The molecule has 0 radical (unpaired) electrons. The van der Waals surface area contributed by atoms with Crippen LogP contribution in [0.2, 0.25) is 0 Å². The second kappa shape index (κ2) is 5.45. The molecule has 0 bridgehead atoms. The van der Waals surface area contributed by atoms with Gasteiger partial charge in [-0.15, -0.1) is 0 Å². The fourth-order valence-electron chi connectivity index (χ4n) is 1.41. The smallest absolute Gasteiger partial charge is 0.221 e. The molecule has 0 aromatic heterocycles. The predicted molar refractivity (Wildman–Crippen MR) is 65.3 cm³/mol. The summed E-state index contributed by atoms with van der Waals surface area (Å²) in [5, 5.41) is 12.2. The Kier molecular flexibility index (Phi) is 4.23. The van der Waals surface area contributed by atoms with Gasteiger partial charge in [0.05, 0.1) is 12.1 Å². The first-order chi connectivity index (χ1) is 7.90. The molecule has 1 rings (SSSR count). The summed E-state index contributed by atoms with van der Waals surface area (Å²) in [6, 6.07) is 4.42. The Morgan fingerprint density at radius 2 is 2.00 bits per heavy atom. The molecule has 0 heterocycles. The molecule has 92 valence electrons. The summed E-state index contributed by atoms with van der Waals surface area (Å²) in [6.07, 6.45) is 0. The van der Waals surface area contributed by atoms with Gasteiger partial charge in [-0.3, -0.25) is 9.59 Å². The van der Waals surface area contributed by atoms with Crippen LogP contribution in [-0.4, -0.2) is 42.3 Å². The molecular formula is C12H16N2O3. The summed E-state index contributed by atoms with van der Waals surface area (Å²) in [5.41, 5.74) is 0.711. The molecule has 0 atom stereocenters. The molecule has 1 aromatic carbocycles. The van der Waals surface area contributed by atoms with E-state index < -0.39 is 0 Å². The van der Waals surface area contributed by atoms with E-state index in [4.69, 9.17) is 0 Å². The Morgan fingerprint density at radius 1 is 1.35 bits per heavy atom. The van der Waals surface area contributed by atoms with Gasteiger partial charge in [-0.25, -0.2) is 0 Å². The zero-order chi connectivity index (χ0) is 13.0. The Morgan fingerprint density at radius 3 is 2.53 bits per heavy atom. The molecule has 0 saturated heterocycles. The number of anilines is 1. The average molecular weight is 236 g/mol. The number of nitrogens with zero attached hydrogens (tertiary/aromatic N) is 1. The second-order valence-electron chi connectivity index (χ2n) is 4.07. The Balaban J connectivity index is 2.97. The van der Waals surface area contributed by atoms with Crippen molar-refractivity contribution in [3.05, 3.63) is 23.8 Å². The van der Waals surface area contributed by atoms with E-state index in [0.717, 1.165) is 0 Å². The molecule has 1 amide bonds. The van der Waals surface area contributed by atoms with Crippen molar-refractivity contribution >= 4 is 17.4 Å². The lowest BCUT2D eigenvalue weighted by atomic mass is 10.1. The van der Waals surface area contributed by atoms with Crippen molar-refractivity contribution in [1.29, 1.82) is 0 Å². The number of hydrogen-bond donors (Lipinski definition) is 2. The number of carbonyl (C=O) groups is 2. The van der Waals surface area contributed by atoms with Crippen molar-refractivity contribution in [1.82, 2.24) is 4.90 Å². The minimum absolute atomic E-state index is 0.0778. The lowest BCUT2D eigenvalue weighted by molar-refractivity contribution is -0.114. The lowest BCUT2D eigenvalue weighted by Gasteiger charge is -2.11. The number of phenols is 1. The third-order valence-electron chi connectivity index (χ3n) is 2.08. The SMILES string of the molecule is CC(=O)Nc1ccc(O)c(C(=O)CN(C)C)c1. The van der Waals surface area contributed by atoms with Crippen LogP contribution in [-0.2, 0) is 4.79 Å². The van der Waals surface area contributed by atoms with Crippen LogP contribution < -0.4 is 5.32 Å². The van der Waals surface area contributed by atoms with Crippen molar-refractivity contribution in [3.8, 4) is 5.75 Å². The zero-order valence-corrected chi connectivity index (χ0v) is 10.2. The summed E-state index contributed by atoms with van der Waals surface area (Å²) in [6.45, 7) is 1.59. The highest BCUT2D eigenvalue weighted by Crippen LogP contribution is 2.22. The van der Waals surface area contributed by atoms with E-state index >= 15 is 0 Å². The van der Waals surface area contributed by atoms with Crippen LogP contribution in [0.15, 0.2) is 18.2 Å². The third-order valence-corrected chi connectivity index (χ3v) is 2.08. The maximum absolute atomic E-state index is 11.8. The zero-order valence-electron chi connectivity index (χ0n) is 10.2. The minimum atomic E-state index is -0.221. The van der Waals surface area contributed by atoms with Gasteiger partial charge < -0.3 is 15.3 Å². The normalized spacial score (nSPS) is 10.4. The molecule has 0 saturated carbocycles. The van der Waals surface area contributed by atoms with Gasteiger partial charge in [-0.05, 0) is 32.3 Å². The standard InChI is InChI=1S/C12H16N2O3/c1-8(15)13-9-4-5-11(16)10(6-9)12(17)7-14(2)3/h4-6,16H,7H2,1-3H3,(H,13,15). The van der Waals surface area contributed by atoms with E-state index in [1.807, 2.05) is 0 Å². The van der Waals surface area contributed by atoms with E-state index in [0.29, 0.717) is 5.69 Å². The van der Waals surface area contributed by atoms with Crippen molar-refractivity contribution in [3.63, 3.8) is 0 Å². The predicted octanol–water partition coefficient (Wildman–Crippen LogP) is 1.09. The van der Waals surface area contributed by atoms with Gasteiger partial charge in [0.15, 0.2) is 5.78 Å². The van der Waals surface area contributed by atoms with Crippen molar-refractivity contribution in [2.75, 3.05) is 26.0 Å². The van der Waals surface area contributed by atoms with Gasteiger partial charge in [-0.1, -0.05) is 0 Å². The number of carbonyl (C=O) groups excluding carboxylic acids is 2. The largest absolute Gasteiger partial charge is 0.507 e. The lowest BCUT2D eigenvalue weighted by Crippen LogP contribution is -2.21. The second-order valence-corrected chi connectivity index (χ2v) is 4.07. The molecule has 5 nitrogen and oxygen atoms in total. The summed E-state index contributed by atoms with van der Waals surface area (Å²) < 4.78 is 0. The molecule has 1 aromatic rings. The highest BCUT2D eigenvalue weighted by Gasteiger charge is 2.13. The summed E-state index contributed by atoms with van der Waals surface area (Å²) in [5.74, 6) is -0.493. The van der Waals surface area contributed by atoms with Gasteiger partial charge in [-0.2, -0.15) is 0 Å². The first-order valence-electron chi connectivity index (χ1n) is 5.18. The van der Waals surface area contributed by atoms with Gasteiger partial charge in [0.2, 0.25) is 5.91 Å². The number of rotatable bonds is 4. The quantitative estimate of drug-likeness (QED) is 0.606. The molecular weight excluding hydrogens is 220 g/mol. The summed E-state index contributed by atoms with van der Waals surface area (Å²) in [4.78, 5) is 24.4. The Labute approximate surface area is 100 Å². The van der Waals surface area contributed by atoms with Crippen LogP contribution in [0.25, 0.3) is 0 Å². The molecule has 0 aliphatic carbocycles. The summed E-state index contributed by atoms with van der Waals surface area (Å²) in [7, 11) is 3.54. The topological polar surface area (TPSA) is 69.6 Å². The molecule has 2 N–H and O–H groups in total. The number of aromatic hydroxyl groups is 1. The van der Waals surface area contributed by atoms with E-state index in [-0.39, 0.29) is 29.5 Å². The number of Topliss-reactive ketones (excluding diaryl/α,β-unsaturated/α-hetero) is 1. The number of amides is 1. The molecule has 5 heteroatoms. The molecule has 0 unspecified atom stereocenters. The molecule has 17 heavy (non-hydrogen) atoms. The average Bonchev–Trinajstić information content (AvgIpc) is 2.19.